The van der Waals surface area contributed by atoms with E-state index in [4.69, 9.17) is 5.73 Å². The number of rotatable bonds is 7. The number of carbonyl (C=O) groups excluding carboxylic acids is 1. The lowest BCUT2D eigenvalue weighted by Crippen LogP contribution is -2.44. The van der Waals surface area contributed by atoms with E-state index in [0.717, 1.165) is 25.1 Å². The first-order valence-electron chi connectivity index (χ1n) is 7.46. The number of nitrogens with one attached hydrogen (secondary N) is 1. The molecule has 0 aliphatic heterocycles. The lowest BCUT2D eigenvalue weighted by molar-refractivity contribution is -0.121. The number of amides is 1. The number of nitrogens with two attached hydrogens (primary N) is 1. The molecule has 3 N–H and O–H groups in total. The highest BCUT2D eigenvalue weighted by Crippen LogP contribution is 2.21. The first-order chi connectivity index (χ1) is 9.63. The fraction of sp³-hybridized carbons (Fsp3) is 0.562. The van der Waals surface area contributed by atoms with Crippen LogP contribution in [0.3, 0.4) is 0 Å². The van der Waals surface area contributed by atoms with Gasteiger partial charge in [-0.1, -0.05) is 12.1 Å². The third-order valence-electron chi connectivity index (χ3n) is 3.75. The first kappa shape index (κ1) is 14.9. The number of aryl methyl sites for hydroxylation is 1. The second-order valence-electron chi connectivity index (χ2n) is 5.56. The van der Waals surface area contributed by atoms with Gasteiger partial charge in [0.25, 0.3) is 0 Å². The molecule has 4 heteroatoms. The van der Waals surface area contributed by atoms with Crippen molar-refractivity contribution < 1.29 is 4.79 Å². The van der Waals surface area contributed by atoms with Gasteiger partial charge in [-0.2, -0.15) is 0 Å². The third-order valence-corrected chi connectivity index (χ3v) is 3.75. The molecule has 1 saturated carbocycles. The normalized spacial score (nSPS) is 15.8. The van der Waals surface area contributed by atoms with Crippen LogP contribution in [-0.4, -0.2) is 31.1 Å². The zero-order valence-corrected chi connectivity index (χ0v) is 12.4. The summed E-state index contributed by atoms with van der Waals surface area (Å²) in [7, 11) is 0. The second kappa shape index (κ2) is 6.75. The third kappa shape index (κ3) is 3.97. The molecule has 2 rings (SSSR count). The fourth-order valence-corrected chi connectivity index (χ4v) is 2.51. The fourth-order valence-electron chi connectivity index (χ4n) is 2.51. The van der Waals surface area contributed by atoms with Crippen molar-refractivity contribution in [2.24, 2.45) is 5.73 Å². The van der Waals surface area contributed by atoms with Crippen LogP contribution in [0.5, 0.6) is 0 Å². The smallest absolute Gasteiger partial charge is 0.222 e. The standard InChI is InChI=1S/C16H25N3O/c1-3-19(14-6-4-5-12(2)9-14)15(11-17)10-16(20)18-13-7-8-13/h4-6,9,13,15H,3,7-8,10-11,17H2,1-2H3,(H,18,20). The topological polar surface area (TPSA) is 58.4 Å². The molecule has 0 bridgehead atoms. The minimum atomic E-state index is 0.0561. The van der Waals surface area contributed by atoms with Gasteiger partial charge in [-0.15, -0.1) is 0 Å². The van der Waals surface area contributed by atoms with E-state index in [0.29, 0.717) is 19.0 Å². The van der Waals surface area contributed by atoms with Crippen molar-refractivity contribution in [1.82, 2.24) is 5.32 Å². The molecule has 0 saturated heterocycles. The van der Waals surface area contributed by atoms with Crippen LogP contribution in [0.1, 0.15) is 31.7 Å². The highest BCUT2D eigenvalue weighted by atomic mass is 16.1. The van der Waals surface area contributed by atoms with E-state index < -0.39 is 0 Å². The van der Waals surface area contributed by atoms with E-state index in [1.165, 1.54) is 5.56 Å². The number of anilines is 1. The van der Waals surface area contributed by atoms with Gasteiger partial charge in [0.15, 0.2) is 0 Å². The zero-order chi connectivity index (χ0) is 14.5. The minimum Gasteiger partial charge on any atom is -0.367 e. The number of carbonyl (C=O) groups is 1. The molecule has 1 aromatic rings. The van der Waals surface area contributed by atoms with Crippen molar-refractivity contribution in [3.63, 3.8) is 0 Å². The van der Waals surface area contributed by atoms with Crippen LogP contribution in [0.15, 0.2) is 24.3 Å². The van der Waals surface area contributed by atoms with E-state index in [9.17, 15) is 4.79 Å². The maximum Gasteiger partial charge on any atom is 0.222 e. The number of benzene rings is 1. The summed E-state index contributed by atoms with van der Waals surface area (Å²) in [6.07, 6.45) is 2.71. The van der Waals surface area contributed by atoms with Gasteiger partial charge >= 0.3 is 0 Å². The van der Waals surface area contributed by atoms with Gasteiger partial charge in [0.05, 0.1) is 0 Å². The van der Waals surface area contributed by atoms with Gasteiger partial charge in [0.1, 0.15) is 0 Å². The van der Waals surface area contributed by atoms with Crippen molar-refractivity contribution in [2.75, 3.05) is 18.0 Å². The van der Waals surface area contributed by atoms with Crippen LogP contribution in [0.2, 0.25) is 0 Å². The molecule has 4 nitrogen and oxygen atoms in total. The van der Waals surface area contributed by atoms with Gasteiger partial charge in [0.2, 0.25) is 5.91 Å². The van der Waals surface area contributed by atoms with E-state index in [1.54, 1.807) is 0 Å². The summed E-state index contributed by atoms with van der Waals surface area (Å²) in [5, 5.41) is 3.04. The Kier molecular flexibility index (Phi) is 5.01. The Labute approximate surface area is 121 Å². The van der Waals surface area contributed by atoms with Gasteiger partial charge in [-0.3, -0.25) is 4.79 Å². The number of nitrogens with zero attached hydrogens (tertiary/aromatic N) is 1. The molecule has 1 amide bonds. The largest absolute Gasteiger partial charge is 0.367 e. The van der Waals surface area contributed by atoms with Crippen LogP contribution in [0.4, 0.5) is 5.69 Å². The second-order valence-corrected chi connectivity index (χ2v) is 5.56. The van der Waals surface area contributed by atoms with Crippen molar-refractivity contribution in [3.05, 3.63) is 29.8 Å². The van der Waals surface area contributed by atoms with E-state index >= 15 is 0 Å². The Bertz CT molecular complexity index is 457. The summed E-state index contributed by atoms with van der Waals surface area (Å²) in [5.74, 6) is 0.119. The molecule has 1 unspecified atom stereocenters. The van der Waals surface area contributed by atoms with Gasteiger partial charge in [-0.05, 0) is 44.4 Å². The highest BCUT2D eigenvalue weighted by molar-refractivity contribution is 5.78. The number of hydrogen-bond donors (Lipinski definition) is 2. The summed E-state index contributed by atoms with van der Waals surface area (Å²) >= 11 is 0. The lowest BCUT2D eigenvalue weighted by Gasteiger charge is -2.32. The Morgan fingerprint density at radius 1 is 1.50 bits per heavy atom. The molecule has 0 heterocycles. The molecule has 1 aliphatic rings. The van der Waals surface area contributed by atoms with Crippen LogP contribution in [0, 0.1) is 6.92 Å². The Balaban J connectivity index is 2.04. The Morgan fingerprint density at radius 3 is 2.80 bits per heavy atom. The Morgan fingerprint density at radius 2 is 2.25 bits per heavy atom. The molecule has 110 valence electrons. The van der Waals surface area contributed by atoms with Crippen molar-refractivity contribution in [1.29, 1.82) is 0 Å². The highest BCUT2D eigenvalue weighted by Gasteiger charge is 2.26. The summed E-state index contributed by atoms with van der Waals surface area (Å²) in [6, 6.07) is 8.82. The van der Waals surface area contributed by atoms with Crippen molar-refractivity contribution in [2.45, 2.75) is 45.2 Å². The summed E-state index contributed by atoms with van der Waals surface area (Å²) in [6.45, 7) is 5.51. The van der Waals surface area contributed by atoms with Gasteiger partial charge < -0.3 is 16.0 Å². The molecule has 1 aliphatic carbocycles. The van der Waals surface area contributed by atoms with E-state index in [1.807, 2.05) is 6.07 Å². The molecule has 1 atom stereocenters. The van der Waals surface area contributed by atoms with Crippen molar-refractivity contribution >= 4 is 11.6 Å². The van der Waals surface area contributed by atoms with Crippen LogP contribution in [-0.2, 0) is 4.79 Å². The molecular formula is C16H25N3O. The molecule has 0 spiro atoms. The number of likely N-dealkylation sites (N-methyl/N-ethyl adjacent to an activating group) is 1. The summed E-state index contributed by atoms with van der Waals surface area (Å²) < 4.78 is 0. The summed E-state index contributed by atoms with van der Waals surface area (Å²) in [4.78, 5) is 14.2. The van der Waals surface area contributed by atoms with Crippen molar-refractivity contribution in [3.8, 4) is 0 Å². The minimum absolute atomic E-state index is 0.0561. The van der Waals surface area contributed by atoms with E-state index in [-0.39, 0.29) is 11.9 Å². The average molecular weight is 275 g/mol. The SMILES string of the molecule is CCN(c1cccc(C)c1)C(CN)CC(=O)NC1CC1. The molecule has 1 fully saturated rings. The van der Waals surface area contributed by atoms with Gasteiger partial charge in [0, 0.05) is 37.3 Å². The maximum absolute atomic E-state index is 12.0. The molecule has 20 heavy (non-hydrogen) atoms. The van der Waals surface area contributed by atoms with Gasteiger partial charge in [-0.25, -0.2) is 0 Å². The predicted molar refractivity (Wildman–Crippen MR) is 82.8 cm³/mol. The van der Waals surface area contributed by atoms with Crippen LogP contribution in [0.25, 0.3) is 0 Å². The lowest BCUT2D eigenvalue weighted by atomic mass is 10.1. The predicted octanol–water partition coefficient (Wildman–Crippen LogP) is 1.82. The molecule has 1 aromatic carbocycles. The monoisotopic (exact) mass is 275 g/mol. The average Bonchev–Trinajstić information content (AvgIpc) is 3.22. The molecule has 0 radical (unpaired) electrons. The summed E-state index contributed by atoms with van der Waals surface area (Å²) in [5.41, 5.74) is 8.26. The quantitative estimate of drug-likeness (QED) is 0.798. The number of hydrogen-bond acceptors (Lipinski definition) is 3. The zero-order valence-electron chi connectivity index (χ0n) is 12.4. The molecular weight excluding hydrogens is 250 g/mol. The molecule has 0 aromatic heterocycles. The maximum atomic E-state index is 12.0. The Hall–Kier alpha value is -1.55. The van der Waals surface area contributed by atoms with E-state index in [2.05, 4.69) is 42.3 Å². The van der Waals surface area contributed by atoms with Crippen LogP contribution >= 0.6 is 0 Å². The van der Waals surface area contributed by atoms with Crippen LogP contribution < -0.4 is 16.0 Å². The first-order valence-corrected chi connectivity index (χ1v) is 7.46.